The number of fused-ring (bicyclic) bond motifs is 1. The molecule has 0 bridgehead atoms. The highest BCUT2D eigenvalue weighted by molar-refractivity contribution is 5.83. The van der Waals surface area contributed by atoms with Crippen LogP contribution in [-0.4, -0.2) is 56.0 Å². The summed E-state index contributed by atoms with van der Waals surface area (Å²) in [6, 6.07) is 7.25. The van der Waals surface area contributed by atoms with Gasteiger partial charge in [0.05, 0.1) is 12.3 Å². The first kappa shape index (κ1) is 23.1. The first-order chi connectivity index (χ1) is 17.2. The molecular weight excluding hydrogens is 444 g/mol. The van der Waals surface area contributed by atoms with Gasteiger partial charge in [0.15, 0.2) is 0 Å². The van der Waals surface area contributed by atoms with Crippen molar-refractivity contribution in [2.75, 3.05) is 13.1 Å². The molecular formula is C26H30N6O3. The van der Waals surface area contributed by atoms with Crippen LogP contribution < -0.4 is 5.32 Å². The Morgan fingerprint density at radius 2 is 1.89 bits per heavy atom. The van der Waals surface area contributed by atoms with E-state index in [1.807, 2.05) is 29.2 Å². The average Bonchev–Trinajstić information content (AvgIpc) is 3.54. The lowest BCUT2D eigenvalue weighted by atomic mass is 9.99. The number of carbonyl (C=O) groups is 2. The fraction of sp³-hybridized carbons (Fsp3) is 0.462. The summed E-state index contributed by atoms with van der Waals surface area (Å²) in [7, 11) is 0. The molecule has 0 spiro atoms. The lowest BCUT2D eigenvalue weighted by molar-refractivity contribution is -0.136. The zero-order chi connectivity index (χ0) is 24.0. The largest absolute Gasteiger partial charge is 0.356 e. The molecule has 5 rings (SSSR count). The Labute approximate surface area is 204 Å². The molecule has 0 aromatic carbocycles. The topological polar surface area (TPSA) is 114 Å². The Morgan fingerprint density at radius 1 is 1.06 bits per heavy atom. The molecule has 9 heteroatoms. The van der Waals surface area contributed by atoms with Crippen LogP contribution in [0.1, 0.15) is 55.9 Å². The van der Waals surface area contributed by atoms with E-state index in [1.54, 1.807) is 24.8 Å². The van der Waals surface area contributed by atoms with Crippen molar-refractivity contribution in [2.24, 2.45) is 5.92 Å². The minimum absolute atomic E-state index is 0.00516. The summed E-state index contributed by atoms with van der Waals surface area (Å²) in [5, 5.41) is 7.24. The summed E-state index contributed by atoms with van der Waals surface area (Å²) in [4.78, 5) is 41.6. The van der Waals surface area contributed by atoms with Gasteiger partial charge in [0.2, 0.25) is 23.5 Å². The Bertz CT molecular complexity index is 1140. The molecule has 1 saturated heterocycles. The van der Waals surface area contributed by atoms with Gasteiger partial charge in [0.25, 0.3) is 0 Å². The average molecular weight is 475 g/mol. The summed E-state index contributed by atoms with van der Waals surface area (Å²) >= 11 is 0. The molecule has 4 heterocycles. The molecule has 9 nitrogen and oxygen atoms in total. The predicted molar refractivity (Wildman–Crippen MR) is 128 cm³/mol. The fourth-order valence-electron chi connectivity index (χ4n) is 5.21. The van der Waals surface area contributed by atoms with E-state index in [9.17, 15) is 9.59 Å². The molecule has 182 valence electrons. The number of nitrogens with zero attached hydrogens (tertiary/aromatic N) is 5. The number of aromatic nitrogens is 4. The van der Waals surface area contributed by atoms with Crippen LogP contribution in [0.4, 0.5) is 0 Å². The summed E-state index contributed by atoms with van der Waals surface area (Å²) in [5.74, 6) is 0.621. The quantitative estimate of drug-likeness (QED) is 0.618. The molecule has 1 saturated carbocycles. The minimum Gasteiger partial charge on any atom is -0.356 e. The van der Waals surface area contributed by atoms with Crippen LogP contribution >= 0.6 is 0 Å². The van der Waals surface area contributed by atoms with Gasteiger partial charge in [-0.25, -0.2) is 0 Å². The molecule has 1 aliphatic heterocycles. The van der Waals surface area contributed by atoms with Gasteiger partial charge in [-0.2, -0.15) is 4.98 Å². The van der Waals surface area contributed by atoms with E-state index < -0.39 is 0 Å². The number of hydrogen-bond donors (Lipinski definition) is 1. The van der Waals surface area contributed by atoms with Gasteiger partial charge in [-0.05, 0) is 49.4 Å². The highest BCUT2D eigenvalue weighted by Gasteiger charge is 2.45. The van der Waals surface area contributed by atoms with Crippen LogP contribution in [0.3, 0.4) is 0 Å². The van der Waals surface area contributed by atoms with Gasteiger partial charge in [-0.3, -0.25) is 19.6 Å². The van der Waals surface area contributed by atoms with Crippen molar-refractivity contribution in [1.82, 2.24) is 30.3 Å². The first-order valence-corrected chi connectivity index (χ1v) is 12.4. The van der Waals surface area contributed by atoms with Gasteiger partial charge in [0.1, 0.15) is 0 Å². The van der Waals surface area contributed by atoms with E-state index in [1.165, 1.54) is 0 Å². The van der Waals surface area contributed by atoms with Crippen LogP contribution in [0.15, 0.2) is 53.6 Å². The van der Waals surface area contributed by atoms with Gasteiger partial charge in [0, 0.05) is 55.4 Å². The number of carbonyl (C=O) groups excluding carboxylic acids is 2. The highest BCUT2D eigenvalue weighted by Crippen LogP contribution is 2.41. The standard InChI is InChI=1S/C26H30N6O3/c33-23(13-18-7-5-9-27-16-18)32-12-4-2-1-3-11-29-25(34)21-14-20(15-22(21)32)26-30-24(31-35-26)19-8-6-10-28-17-19/h5-10,16-17,20-22H,1-4,11-15H2,(H,29,34)/t20-,21-,22+/m0/s1. The third-order valence-electron chi connectivity index (χ3n) is 7.00. The molecule has 35 heavy (non-hydrogen) atoms. The lowest BCUT2D eigenvalue weighted by Gasteiger charge is -2.32. The van der Waals surface area contributed by atoms with E-state index in [2.05, 4.69) is 25.4 Å². The zero-order valence-corrected chi connectivity index (χ0v) is 19.7. The van der Waals surface area contributed by atoms with Gasteiger partial charge >= 0.3 is 0 Å². The maximum absolute atomic E-state index is 13.5. The molecule has 2 fully saturated rings. The van der Waals surface area contributed by atoms with E-state index in [4.69, 9.17) is 4.52 Å². The molecule has 3 aromatic heterocycles. The SMILES string of the molecule is O=C1NCCCCCCN(C(=O)Cc2cccnc2)[C@@H]2C[C@@H](c3nc(-c4cccnc4)no3)C[C@H]12. The minimum atomic E-state index is -0.315. The normalized spacial score (nSPS) is 23.3. The number of amides is 2. The van der Waals surface area contributed by atoms with Crippen molar-refractivity contribution in [2.45, 2.75) is 56.9 Å². The zero-order valence-electron chi connectivity index (χ0n) is 19.7. The monoisotopic (exact) mass is 474 g/mol. The van der Waals surface area contributed by atoms with Crippen LogP contribution in [0, 0.1) is 5.92 Å². The van der Waals surface area contributed by atoms with Crippen molar-refractivity contribution >= 4 is 11.8 Å². The maximum atomic E-state index is 13.5. The molecule has 3 atom stereocenters. The fourth-order valence-corrected chi connectivity index (χ4v) is 5.21. The molecule has 1 aliphatic carbocycles. The second-order valence-electron chi connectivity index (χ2n) is 9.37. The van der Waals surface area contributed by atoms with Crippen LogP contribution in [0.2, 0.25) is 0 Å². The van der Waals surface area contributed by atoms with Crippen LogP contribution in [0.25, 0.3) is 11.4 Å². The van der Waals surface area contributed by atoms with E-state index >= 15 is 0 Å². The number of hydrogen-bond acceptors (Lipinski definition) is 7. The second-order valence-corrected chi connectivity index (χ2v) is 9.37. The summed E-state index contributed by atoms with van der Waals surface area (Å²) < 4.78 is 5.64. The Morgan fingerprint density at radius 3 is 2.69 bits per heavy atom. The number of pyridine rings is 2. The Balaban J connectivity index is 1.40. The van der Waals surface area contributed by atoms with Crippen molar-refractivity contribution in [3.05, 3.63) is 60.5 Å². The maximum Gasteiger partial charge on any atom is 0.230 e. The van der Waals surface area contributed by atoms with E-state index in [0.29, 0.717) is 37.6 Å². The van der Waals surface area contributed by atoms with Gasteiger partial charge < -0.3 is 14.7 Å². The molecule has 2 aliphatic rings. The number of nitrogens with one attached hydrogen (secondary N) is 1. The van der Waals surface area contributed by atoms with Crippen LogP contribution in [-0.2, 0) is 16.0 Å². The smallest absolute Gasteiger partial charge is 0.230 e. The molecule has 2 amide bonds. The second kappa shape index (κ2) is 10.8. The first-order valence-electron chi connectivity index (χ1n) is 12.4. The molecule has 3 aromatic rings. The molecule has 1 N–H and O–H groups in total. The van der Waals surface area contributed by atoms with Crippen molar-refractivity contribution in [3.63, 3.8) is 0 Å². The third-order valence-corrected chi connectivity index (χ3v) is 7.00. The lowest BCUT2D eigenvalue weighted by Crippen LogP contribution is -2.47. The molecule has 0 unspecified atom stereocenters. The molecule has 0 radical (unpaired) electrons. The van der Waals surface area contributed by atoms with E-state index in [-0.39, 0.29) is 36.1 Å². The highest BCUT2D eigenvalue weighted by atomic mass is 16.5. The van der Waals surface area contributed by atoms with Crippen molar-refractivity contribution in [3.8, 4) is 11.4 Å². The van der Waals surface area contributed by atoms with Crippen molar-refractivity contribution in [1.29, 1.82) is 0 Å². The Kier molecular flexibility index (Phi) is 7.11. The van der Waals surface area contributed by atoms with Gasteiger partial charge in [-0.1, -0.05) is 24.1 Å². The third kappa shape index (κ3) is 5.39. The number of rotatable bonds is 4. The summed E-state index contributed by atoms with van der Waals surface area (Å²) in [6.45, 7) is 1.31. The van der Waals surface area contributed by atoms with E-state index in [0.717, 1.165) is 36.8 Å². The van der Waals surface area contributed by atoms with Crippen LogP contribution in [0.5, 0.6) is 0 Å². The summed E-state index contributed by atoms with van der Waals surface area (Å²) in [6.07, 6.45) is 12.2. The van der Waals surface area contributed by atoms with Gasteiger partial charge in [-0.15, -0.1) is 0 Å². The Hall–Kier alpha value is -3.62. The summed E-state index contributed by atoms with van der Waals surface area (Å²) in [5.41, 5.74) is 1.65. The van der Waals surface area contributed by atoms with Crippen molar-refractivity contribution < 1.29 is 14.1 Å². The predicted octanol–water partition coefficient (Wildman–Crippen LogP) is 3.15.